The number of carbonyl (C=O) groups is 2. The Kier molecular flexibility index (Phi) is 5.98. The summed E-state index contributed by atoms with van der Waals surface area (Å²) < 4.78 is 7.81. The summed E-state index contributed by atoms with van der Waals surface area (Å²) in [6, 6.07) is 13.3. The molecular formula is C19H16BrIN2O3. The Balaban J connectivity index is 1.71. The second-order valence-corrected chi connectivity index (χ2v) is 7.74. The van der Waals surface area contributed by atoms with Gasteiger partial charge in [-0.3, -0.25) is 9.69 Å². The number of hydrogen-bond donors (Lipinski definition) is 1. The van der Waals surface area contributed by atoms with Crippen LogP contribution in [0.25, 0.3) is 6.08 Å². The van der Waals surface area contributed by atoms with Gasteiger partial charge < -0.3 is 10.1 Å². The topological polar surface area (TPSA) is 58.6 Å². The molecule has 1 aliphatic rings. The number of carbonyl (C=O) groups excluding carboxylic acids is 2. The molecule has 0 saturated carbocycles. The first-order valence-electron chi connectivity index (χ1n) is 7.99. The number of nitrogens with one attached hydrogen (secondary N) is 1. The van der Waals surface area contributed by atoms with Crippen LogP contribution < -0.4 is 10.1 Å². The third kappa shape index (κ3) is 4.27. The fraction of sp³-hybridized carbons (Fsp3) is 0.158. The summed E-state index contributed by atoms with van der Waals surface area (Å²) in [5, 5.41) is 2.59. The second-order valence-electron chi connectivity index (χ2n) is 5.64. The van der Waals surface area contributed by atoms with Crippen molar-refractivity contribution in [3.05, 3.63) is 67.3 Å². The summed E-state index contributed by atoms with van der Waals surface area (Å²) in [5.74, 6) is 0.398. The Labute approximate surface area is 173 Å². The molecule has 0 aliphatic carbocycles. The van der Waals surface area contributed by atoms with E-state index in [1.54, 1.807) is 13.0 Å². The Hall–Kier alpha value is -1.87. The Morgan fingerprint density at radius 1 is 1.19 bits per heavy atom. The molecule has 3 rings (SSSR count). The van der Waals surface area contributed by atoms with Gasteiger partial charge in [0.2, 0.25) is 0 Å². The van der Waals surface area contributed by atoms with Crippen LogP contribution in [0.5, 0.6) is 5.75 Å². The van der Waals surface area contributed by atoms with Crippen molar-refractivity contribution in [3.63, 3.8) is 0 Å². The molecule has 2 aromatic carbocycles. The van der Waals surface area contributed by atoms with E-state index in [1.165, 1.54) is 8.47 Å². The highest BCUT2D eigenvalue weighted by Crippen LogP contribution is 2.28. The third-order valence-corrected chi connectivity index (χ3v) is 5.19. The predicted octanol–water partition coefficient (Wildman–Crippen LogP) is 4.55. The molecule has 0 spiro atoms. The molecular weight excluding hydrogens is 511 g/mol. The van der Waals surface area contributed by atoms with Crippen LogP contribution in [0, 0.1) is 3.57 Å². The van der Waals surface area contributed by atoms with Crippen LogP contribution in [0.1, 0.15) is 18.1 Å². The van der Waals surface area contributed by atoms with Gasteiger partial charge in [0, 0.05) is 10.1 Å². The summed E-state index contributed by atoms with van der Waals surface area (Å²) in [6.07, 6.45) is 1.66. The lowest BCUT2D eigenvalue weighted by Crippen LogP contribution is -2.30. The molecule has 1 heterocycles. The van der Waals surface area contributed by atoms with Gasteiger partial charge in [0.25, 0.3) is 5.91 Å². The van der Waals surface area contributed by atoms with Crippen LogP contribution in [0.2, 0.25) is 0 Å². The van der Waals surface area contributed by atoms with Crippen LogP contribution in [0.15, 0.2) is 52.6 Å². The largest absolute Gasteiger partial charge is 0.488 e. The Morgan fingerprint density at radius 2 is 1.92 bits per heavy atom. The van der Waals surface area contributed by atoms with Crippen molar-refractivity contribution < 1.29 is 14.3 Å². The third-order valence-electron chi connectivity index (χ3n) is 3.85. The highest BCUT2D eigenvalue weighted by atomic mass is 127. The predicted molar refractivity (Wildman–Crippen MR) is 112 cm³/mol. The molecule has 0 aromatic heterocycles. The number of rotatable bonds is 5. The lowest BCUT2D eigenvalue weighted by Gasteiger charge is -2.09. The standard InChI is InChI=1S/C19H16BrIN2O3/c1-2-23-18(24)16(22-19(23)25)10-13-5-8-17(15(20)9-13)26-11-12-3-6-14(21)7-4-12/h3-10H,2,11H2,1H3,(H,22,25)/b16-10+. The van der Waals surface area contributed by atoms with Crippen molar-refractivity contribution in [2.45, 2.75) is 13.5 Å². The van der Waals surface area contributed by atoms with Crippen LogP contribution in [-0.4, -0.2) is 23.4 Å². The maximum Gasteiger partial charge on any atom is 0.328 e. The van der Waals surface area contributed by atoms with Gasteiger partial charge in [0.1, 0.15) is 18.1 Å². The monoisotopic (exact) mass is 526 g/mol. The second kappa shape index (κ2) is 8.22. The zero-order chi connectivity index (χ0) is 18.7. The van der Waals surface area contributed by atoms with Crippen molar-refractivity contribution in [1.82, 2.24) is 10.2 Å². The molecule has 1 aliphatic heterocycles. The first kappa shape index (κ1) is 18.9. The van der Waals surface area contributed by atoms with Gasteiger partial charge in [0.05, 0.1) is 4.47 Å². The van der Waals surface area contributed by atoms with Gasteiger partial charge in [-0.05, 0) is 86.9 Å². The van der Waals surface area contributed by atoms with Gasteiger partial charge >= 0.3 is 6.03 Å². The van der Waals surface area contributed by atoms with Crippen molar-refractivity contribution >= 4 is 56.5 Å². The quantitative estimate of drug-likeness (QED) is 0.353. The van der Waals surface area contributed by atoms with Crippen molar-refractivity contribution in [2.75, 3.05) is 6.54 Å². The lowest BCUT2D eigenvalue weighted by molar-refractivity contribution is -0.122. The molecule has 5 nitrogen and oxygen atoms in total. The van der Waals surface area contributed by atoms with Gasteiger partial charge in [-0.25, -0.2) is 4.79 Å². The molecule has 2 aromatic rings. The summed E-state index contributed by atoms with van der Waals surface area (Å²) in [7, 11) is 0. The molecule has 0 bridgehead atoms. The van der Waals surface area contributed by atoms with Crippen molar-refractivity contribution in [3.8, 4) is 5.75 Å². The normalized spacial score (nSPS) is 15.5. The van der Waals surface area contributed by atoms with Gasteiger partial charge in [0.15, 0.2) is 0 Å². The molecule has 134 valence electrons. The number of urea groups is 1. The average molecular weight is 527 g/mol. The van der Waals surface area contributed by atoms with Gasteiger partial charge in [-0.1, -0.05) is 18.2 Å². The summed E-state index contributed by atoms with van der Waals surface area (Å²) in [6.45, 7) is 2.57. The zero-order valence-electron chi connectivity index (χ0n) is 14.0. The fourth-order valence-corrected chi connectivity index (χ4v) is 3.36. The molecule has 0 unspecified atom stereocenters. The minimum atomic E-state index is -0.389. The van der Waals surface area contributed by atoms with Crippen LogP contribution in [0.3, 0.4) is 0 Å². The van der Waals surface area contributed by atoms with Crippen LogP contribution >= 0.6 is 38.5 Å². The number of benzene rings is 2. The van der Waals surface area contributed by atoms with Crippen LogP contribution in [-0.2, 0) is 11.4 Å². The number of likely N-dealkylation sites (N-methyl/N-ethyl adjacent to an activating group) is 1. The summed E-state index contributed by atoms with van der Waals surface area (Å²) >= 11 is 5.76. The summed E-state index contributed by atoms with van der Waals surface area (Å²) in [4.78, 5) is 25.0. The maximum absolute atomic E-state index is 12.1. The zero-order valence-corrected chi connectivity index (χ0v) is 17.7. The average Bonchev–Trinajstić information content (AvgIpc) is 2.88. The molecule has 0 atom stereocenters. The van der Waals surface area contributed by atoms with E-state index < -0.39 is 0 Å². The lowest BCUT2D eigenvalue weighted by atomic mass is 10.2. The van der Waals surface area contributed by atoms with E-state index in [2.05, 4.69) is 43.8 Å². The van der Waals surface area contributed by atoms with Crippen molar-refractivity contribution in [2.24, 2.45) is 0 Å². The molecule has 26 heavy (non-hydrogen) atoms. The van der Waals surface area contributed by atoms with E-state index in [1.807, 2.05) is 42.5 Å². The smallest absolute Gasteiger partial charge is 0.328 e. The van der Waals surface area contributed by atoms with E-state index in [0.29, 0.717) is 18.9 Å². The molecule has 1 N–H and O–H groups in total. The first-order valence-corrected chi connectivity index (χ1v) is 9.86. The van der Waals surface area contributed by atoms with E-state index in [0.717, 1.165) is 15.6 Å². The van der Waals surface area contributed by atoms with E-state index in [4.69, 9.17) is 4.74 Å². The summed E-state index contributed by atoms with van der Waals surface area (Å²) in [5.41, 5.74) is 2.15. The number of imide groups is 1. The molecule has 1 saturated heterocycles. The fourth-order valence-electron chi connectivity index (χ4n) is 2.49. The number of halogens is 2. The Bertz CT molecular complexity index is 881. The number of ether oxygens (including phenoxy) is 1. The molecule has 1 fully saturated rings. The highest BCUT2D eigenvalue weighted by molar-refractivity contribution is 14.1. The van der Waals surface area contributed by atoms with Crippen LogP contribution in [0.4, 0.5) is 4.79 Å². The van der Waals surface area contributed by atoms with E-state index in [9.17, 15) is 9.59 Å². The van der Waals surface area contributed by atoms with Gasteiger partial charge in [-0.2, -0.15) is 0 Å². The van der Waals surface area contributed by atoms with Gasteiger partial charge in [-0.15, -0.1) is 0 Å². The SMILES string of the molecule is CCN1C(=O)N/C(=C/c2ccc(OCc3ccc(I)cc3)c(Br)c2)C1=O. The first-order chi connectivity index (χ1) is 12.5. The molecule has 0 radical (unpaired) electrons. The Morgan fingerprint density at radius 3 is 2.54 bits per heavy atom. The molecule has 7 heteroatoms. The minimum absolute atomic E-state index is 0.274. The number of amides is 3. The van der Waals surface area contributed by atoms with E-state index in [-0.39, 0.29) is 17.6 Å². The highest BCUT2D eigenvalue weighted by Gasteiger charge is 2.31. The minimum Gasteiger partial charge on any atom is -0.488 e. The van der Waals surface area contributed by atoms with Crippen molar-refractivity contribution in [1.29, 1.82) is 0 Å². The maximum atomic E-state index is 12.1. The number of hydrogen-bond acceptors (Lipinski definition) is 3. The number of nitrogens with zero attached hydrogens (tertiary/aromatic N) is 1. The molecule has 3 amide bonds. The van der Waals surface area contributed by atoms with E-state index >= 15 is 0 Å².